The highest BCUT2D eigenvalue weighted by atomic mass is 32.2. The van der Waals surface area contributed by atoms with E-state index in [0.29, 0.717) is 11.6 Å². The maximum Gasteiger partial charge on any atom is 0.233 e. The van der Waals surface area contributed by atoms with E-state index < -0.39 is 10.0 Å². The van der Waals surface area contributed by atoms with Crippen molar-refractivity contribution in [3.63, 3.8) is 0 Å². The summed E-state index contributed by atoms with van der Waals surface area (Å²) in [4.78, 5) is 0. The summed E-state index contributed by atoms with van der Waals surface area (Å²) in [5.41, 5.74) is 1.67. The Kier molecular flexibility index (Phi) is 5.65. The summed E-state index contributed by atoms with van der Waals surface area (Å²) in [5, 5.41) is 3.15. The van der Waals surface area contributed by atoms with Crippen LogP contribution < -0.4 is 10.0 Å². The van der Waals surface area contributed by atoms with Crippen molar-refractivity contribution >= 4 is 15.7 Å². The molecule has 1 unspecified atom stereocenters. The van der Waals surface area contributed by atoms with Crippen LogP contribution in [0.5, 0.6) is 0 Å². The molecule has 0 bridgehead atoms. The van der Waals surface area contributed by atoms with Gasteiger partial charge in [-0.25, -0.2) is 8.42 Å². The van der Waals surface area contributed by atoms with E-state index in [1.54, 1.807) is 0 Å². The number of benzene rings is 1. The summed E-state index contributed by atoms with van der Waals surface area (Å²) < 4.78 is 27.6. The fourth-order valence-electron chi connectivity index (χ4n) is 3.00. The summed E-state index contributed by atoms with van der Waals surface area (Å²) in [7, 11) is -1.40. The van der Waals surface area contributed by atoms with Gasteiger partial charge in [0.2, 0.25) is 10.0 Å². The first-order valence-corrected chi connectivity index (χ1v) is 9.44. The van der Waals surface area contributed by atoms with Crippen LogP contribution in [0.15, 0.2) is 24.3 Å². The third-order valence-electron chi connectivity index (χ3n) is 4.31. The first-order chi connectivity index (χ1) is 10.0. The van der Waals surface area contributed by atoms with E-state index in [1.807, 2.05) is 38.2 Å². The van der Waals surface area contributed by atoms with Crippen molar-refractivity contribution in [2.75, 3.05) is 17.5 Å². The molecule has 118 valence electrons. The lowest BCUT2D eigenvalue weighted by atomic mass is 9.91. The Morgan fingerprint density at radius 3 is 2.52 bits per heavy atom. The van der Waals surface area contributed by atoms with E-state index in [0.717, 1.165) is 31.2 Å². The second-order valence-corrected chi connectivity index (χ2v) is 7.75. The molecule has 2 rings (SSSR count). The lowest BCUT2D eigenvalue weighted by molar-refractivity contribution is 0.385. The Labute approximate surface area is 128 Å². The molecule has 0 aliphatic heterocycles. The van der Waals surface area contributed by atoms with Crippen LogP contribution >= 0.6 is 0 Å². The highest BCUT2D eigenvalue weighted by Crippen LogP contribution is 2.27. The fourth-order valence-corrected chi connectivity index (χ4v) is 4.55. The van der Waals surface area contributed by atoms with Gasteiger partial charge < -0.3 is 5.32 Å². The predicted octanol–water partition coefficient (Wildman–Crippen LogP) is 3.29. The molecule has 2 N–H and O–H groups in total. The smallest absolute Gasteiger partial charge is 0.233 e. The Hall–Kier alpha value is -1.07. The zero-order valence-corrected chi connectivity index (χ0v) is 13.7. The van der Waals surface area contributed by atoms with Crippen LogP contribution in [-0.4, -0.2) is 21.2 Å². The molecule has 0 radical (unpaired) electrons. The minimum Gasteiger partial charge on any atom is -0.313 e. The van der Waals surface area contributed by atoms with Crippen LogP contribution in [0.3, 0.4) is 0 Å². The topological polar surface area (TPSA) is 58.2 Å². The van der Waals surface area contributed by atoms with Crippen molar-refractivity contribution in [1.82, 2.24) is 5.32 Å². The maximum atomic E-state index is 12.4. The van der Waals surface area contributed by atoms with E-state index in [2.05, 4.69) is 10.0 Å². The first-order valence-electron chi connectivity index (χ1n) is 7.78. The molecule has 1 atom stereocenters. The molecule has 0 spiro atoms. The van der Waals surface area contributed by atoms with Crippen LogP contribution in [0, 0.1) is 5.92 Å². The van der Waals surface area contributed by atoms with Gasteiger partial charge in [0.25, 0.3) is 0 Å². The van der Waals surface area contributed by atoms with E-state index in [-0.39, 0.29) is 11.8 Å². The number of rotatable bonds is 6. The Balaban J connectivity index is 2.09. The Morgan fingerprint density at radius 2 is 1.86 bits per heavy atom. The molecule has 1 aromatic rings. The highest BCUT2D eigenvalue weighted by Gasteiger charge is 2.22. The number of nitrogens with one attached hydrogen (secondary N) is 2. The standard InChI is InChI=1S/C16H26N2O2S/c1-13(17-2)15-10-6-7-11-16(15)18-21(19,20)12-14-8-4-3-5-9-14/h6-7,10-11,13-14,17-18H,3-5,8-9,12H2,1-2H3. The molecule has 4 nitrogen and oxygen atoms in total. The van der Waals surface area contributed by atoms with Gasteiger partial charge in [-0.3, -0.25) is 4.72 Å². The molecule has 0 heterocycles. The number of anilines is 1. The summed E-state index contributed by atoms with van der Waals surface area (Å²) >= 11 is 0. The molecule has 21 heavy (non-hydrogen) atoms. The van der Waals surface area contributed by atoms with Gasteiger partial charge in [-0.15, -0.1) is 0 Å². The molecule has 0 amide bonds. The van der Waals surface area contributed by atoms with E-state index in [4.69, 9.17) is 0 Å². The molecule has 1 aliphatic carbocycles. The number of hydrogen-bond acceptors (Lipinski definition) is 3. The van der Waals surface area contributed by atoms with E-state index in [1.165, 1.54) is 6.42 Å². The minimum atomic E-state index is -3.28. The molecular weight excluding hydrogens is 284 g/mol. The fraction of sp³-hybridized carbons (Fsp3) is 0.625. The van der Waals surface area contributed by atoms with Gasteiger partial charge in [0.1, 0.15) is 0 Å². The molecular formula is C16H26N2O2S. The van der Waals surface area contributed by atoms with Crippen molar-refractivity contribution in [1.29, 1.82) is 0 Å². The zero-order valence-electron chi connectivity index (χ0n) is 12.9. The Bertz CT molecular complexity index is 551. The van der Waals surface area contributed by atoms with E-state index in [9.17, 15) is 8.42 Å². The summed E-state index contributed by atoms with van der Waals surface area (Å²) in [5.74, 6) is 0.556. The largest absolute Gasteiger partial charge is 0.313 e. The third-order valence-corrected chi connectivity index (χ3v) is 5.75. The summed E-state index contributed by atoms with van der Waals surface area (Å²) in [6.07, 6.45) is 5.64. The third kappa shape index (κ3) is 4.71. The van der Waals surface area contributed by atoms with Gasteiger partial charge >= 0.3 is 0 Å². The van der Waals surface area contributed by atoms with Crippen LogP contribution in [0.2, 0.25) is 0 Å². The summed E-state index contributed by atoms with van der Waals surface area (Å²) in [6, 6.07) is 7.70. The molecule has 1 fully saturated rings. The molecule has 5 heteroatoms. The van der Waals surface area contributed by atoms with Gasteiger partial charge in [-0.1, -0.05) is 37.5 Å². The average Bonchev–Trinajstić information content (AvgIpc) is 2.47. The van der Waals surface area contributed by atoms with Gasteiger partial charge in [0.15, 0.2) is 0 Å². The summed E-state index contributed by atoms with van der Waals surface area (Å²) in [6.45, 7) is 2.02. The molecule has 1 aromatic carbocycles. The SMILES string of the molecule is CNC(C)c1ccccc1NS(=O)(=O)CC1CCCCC1. The van der Waals surface area contributed by atoms with Crippen molar-refractivity contribution in [3.05, 3.63) is 29.8 Å². The highest BCUT2D eigenvalue weighted by molar-refractivity contribution is 7.92. The van der Waals surface area contributed by atoms with Crippen LogP contribution in [0.1, 0.15) is 50.6 Å². The lowest BCUT2D eigenvalue weighted by Crippen LogP contribution is -2.25. The van der Waals surface area contributed by atoms with Gasteiger partial charge in [0.05, 0.1) is 11.4 Å². The normalized spacial score (nSPS) is 18.4. The molecule has 1 aliphatic rings. The maximum absolute atomic E-state index is 12.4. The monoisotopic (exact) mass is 310 g/mol. The number of sulfonamides is 1. The first kappa shape index (κ1) is 16.3. The van der Waals surface area contributed by atoms with Crippen LogP contribution in [0.25, 0.3) is 0 Å². The number of para-hydroxylation sites is 1. The van der Waals surface area contributed by atoms with Crippen molar-refractivity contribution in [2.45, 2.75) is 45.1 Å². The average molecular weight is 310 g/mol. The van der Waals surface area contributed by atoms with Crippen LogP contribution in [-0.2, 0) is 10.0 Å². The number of hydrogen-bond donors (Lipinski definition) is 2. The zero-order chi connectivity index (χ0) is 15.3. The van der Waals surface area contributed by atoms with Crippen LogP contribution in [0.4, 0.5) is 5.69 Å². The van der Waals surface area contributed by atoms with Gasteiger partial charge in [-0.05, 0) is 44.4 Å². The molecule has 0 aromatic heterocycles. The lowest BCUT2D eigenvalue weighted by Gasteiger charge is -2.22. The van der Waals surface area contributed by atoms with Gasteiger partial charge in [0, 0.05) is 6.04 Å². The van der Waals surface area contributed by atoms with Crippen molar-refractivity contribution in [3.8, 4) is 0 Å². The molecule has 1 saturated carbocycles. The Morgan fingerprint density at radius 1 is 1.19 bits per heavy atom. The molecule has 0 saturated heterocycles. The quantitative estimate of drug-likeness (QED) is 0.847. The van der Waals surface area contributed by atoms with E-state index >= 15 is 0 Å². The van der Waals surface area contributed by atoms with Crippen molar-refractivity contribution < 1.29 is 8.42 Å². The predicted molar refractivity (Wildman–Crippen MR) is 87.9 cm³/mol. The minimum absolute atomic E-state index is 0.110. The van der Waals surface area contributed by atoms with Crippen molar-refractivity contribution in [2.24, 2.45) is 5.92 Å². The second kappa shape index (κ2) is 7.27. The van der Waals surface area contributed by atoms with Gasteiger partial charge in [-0.2, -0.15) is 0 Å². The second-order valence-electron chi connectivity index (χ2n) is 5.99.